The third kappa shape index (κ3) is 5.15. The fourth-order valence-electron chi connectivity index (χ4n) is 2.89. The number of hydrogen-bond acceptors (Lipinski definition) is 7. The summed E-state index contributed by atoms with van der Waals surface area (Å²) in [7, 11) is -3.80. The van der Waals surface area contributed by atoms with Crippen LogP contribution in [0.25, 0.3) is 10.2 Å². The molecule has 3 rings (SSSR count). The lowest BCUT2D eigenvalue weighted by Crippen LogP contribution is -2.30. The van der Waals surface area contributed by atoms with Crippen molar-refractivity contribution in [3.63, 3.8) is 0 Å². The number of hydrogen-bond donors (Lipinski definition) is 1. The van der Waals surface area contributed by atoms with E-state index in [1.807, 2.05) is 0 Å². The van der Waals surface area contributed by atoms with Crippen LogP contribution >= 0.6 is 11.3 Å². The van der Waals surface area contributed by atoms with E-state index in [2.05, 4.69) is 10.3 Å². The number of aromatic nitrogens is 1. The van der Waals surface area contributed by atoms with E-state index in [-0.39, 0.29) is 33.4 Å². The van der Waals surface area contributed by atoms with Gasteiger partial charge in [-0.15, -0.1) is 0 Å². The number of halogens is 3. The van der Waals surface area contributed by atoms with E-state index in [1.54, 1.807) is 13.8 Å². The van der Waals surface area contributed by atoms with Crippen molar-refractivity contribution < 1.29 is 35.9 Å². The molecule has 0 saturated heterocycles. The van der Waals surface area contributed by atoms with Crippen LogP contribution in [0.15, 0.2) is 35.2 Å². The third-order valence-corrected chi connectivity index (χ3v) is 7.48. The number of anilines is 1. The van der Waals surface area contributed by atoms with Crippen LogP contribution in [0.4, 0.5) is 18.3 Å². The maximum Gasteiger partial charge on any atom is 0.338 e. The summed E-state index contributed by atoms with van der Waals surface area (Å²) in [5.41, 5.74) is -0.526. The van der Waals surface area contributed by atoms with Crippen LogP contribution in [0.2, 0.25) is 0 Å². The van der Waals surface area contributed by atoms with E-state index in [4.69, 9.17) is 4.74 Å². The molecule has 0 unspecified atom stereocenters. The lowest BCUT2D eigenvalue weighted by atomic mass is 10.2. The second-order valence-electron chi connectivity index (χ2n) is 6.59. The molecule has 8 nitrogen and oxygen atoms in total. The van der Waals surface area contributed by atoms with E-state index in [1.165, 1.54) is 22.5 Å². The average molecular weight is 502 g/mol. The number of carbonyl (C=O) groups is 2. The zero-order chi connectivity index (χ0) is 24.3. The van der Waals surface area contributed by atoms with E-state index in [0.29, 0.717) is 11.3 Å². The minimum atomic E-state index is -3.80. The normalized spacial score (nSPS) is 11.7. The molecule has 1 N–H and O–H groups in total. The highest BCUT2D eigenvalue weighted by atomic mass is 32.2. The Labute approximate surface area is 191 Å². The van der Waals surface area contributed by atoms with Gasteiger partial charge in [-0.2, -0.15) is 4.31 Å². The number of nitrogens with one attached hydrogen (secondary N) is 1. The van der Waals surface area contributed by atoms with Crippen molar-refractivity contribution in [1.82, 2.24) is 9.29 Å². The van der Waals surface area contributed by atoms with Gasteiger partial charge in [0, 0.05) is 13.1 Å². The fourth-order valence-corrected chi connectivity index (χ4v) is 5.30. The van der Waals surface area contributed by atoms with Crippen LogP contribution in [-0.4, -0.2) is 49.3 Å². The first kappa shape index (κ1) is 24.6. The molecule has 1 heterocycles. The Morgan fingerprint density at radius 1 is 1.12 bits per heavy atom. The molecule has 3 aromatic rings. The quantitative estimate of drug-likeness (QED) is 0.374. The minimum absolute atomic E-state index is 0.0232. The Hall–Kier alpha value is -3.03. The molecular formula is C20H18F3N3O5S2. The Bertz CT molecular complexity index is 1320. The molecule has 0 radical (unpaired) electrons. The number of benzene rings is 2. The molecule has 13 heteroatoms. The highest BCUT2D eigenvalue weighted by molar-refractivity contribution is 7.89. The fraction of sp³-hybridized carbons (Fsp3) is 0.250. The number of nitrogens with zero attached hydrogens (tertiary/aromatic N) is 2. The number of fused-ring (bicyclic) bond motifs is 1. The first-order valence-corrected chi connectivity index (χ1v) is 11.8. The number of amides is 1. The van der Waals surface area contributed by atoms with Gasteiger partial charge in [0.05, 0.1) is 15.2 Å². The molecule has 1 amide bonds. The summed E-state index contributed by atoms with van der Waals surface area (Å²) in [4.78, 5) is 28.0. The number of rotatable bonds is 8. The summed E-state index contributed by atoms with van der Waals surface area (Å²) in [5, 5.41) is 2.10. The van der Waals surface area contributed by atoms with Crippen LogP contribution in [0, 0.1) is 17.5 Å². The SMILES string of the molecule is CCN(CC)S(=O)(=O)c1cccc(C(=O)OCC(=O)Nc2nc3c(F)c(F)c(F)cc3s2)c1. The van der Waals surface area contributed by atoms with Gasteiger partial charge >= 0.3 is 5.97 Å². The van der Waals surface area contributed by atoms with Gasteiger partial charge in [-0.3, -0.25) is 10.1 Å². The molecule has 176 valence electrons. The zero-order valence-corrected chi connectivity index (χ0v) is 19.0. The molecule has 0 aliphatic heterocycles. The Kier molecular flexibility index (Phi) is 7.34. The first-order valence-electron chi connectivity index (χ1n) is 9.59. The Balaban J connectivity index is 1.67. The summed E-state index contributed by atoms with van der Waals surface area (Å²) in [6.45, 7) is 3.12. The maximum absolute atomic E-state index is 13.8. The minimum Gasteiger partial charge on any atom is -0.452 e. The van der Waals surface area contributed by atoms with Gasteiger partial charge in [-0.05, 0) is 24.3 Å². The highest BCUT2D eigenvalue weighted by Crippen LogP contribution is 2.30. The summed E-state index contributed by atoms with van der Waals surface area (Å²) in [6.07, 6.45) is 0. The van der Waals surface area contributed by atoms with Gasteiger partial charge in [0.2, 0.25) is 10.0 Å². The van der Waals surface area contributed by atoms with Crippen molar-refractivity contribution in [2.45, 2.75) is 18.7 Å². The molecule has 0 spiro atoms. The average Bonchev–Trinajstić information content (AvgIpc) is 3.18. The van der Waals surface area contributed by atoms with E-state index < -0.39 is 51.5 Å². The Morgan fingerprint density at radius 3 is 2.48 bits per heavy atom. The number of ether oxygens (including phenoxy) is 1. The maximum atomic E-state index is 13.8. The molecule has 0 aliphatic carbocycles. The summed E-state index contributed by atoms with van der Waals surface area (Å²) >= 11 is 0.703. The van der Waals surface area contributed by atoms with Crippen molar-refractivity contribution in [2.75, 3.05) is 25.0 Å². The standard InChI is InChI=1S/C20H18F3N3O5S2/c1-3-26(4-2)33(29,30)12-7-5-6-11(8-12)19(28)31-10-15(27)24-20-25-18-14(32-20)9-13(21)16(22)17(18)23/h5-9H,3-4,10H2,1-2H3,(H,24,25,27). The van der Waals surface area contributed by atoms with Gasteiger partial charge in [-0.25, -0.2) is 31.4 Å². The molecule has 33 heavy (non-hydrogen) atoms. The van der Waals surface area contributed by atoms with Crippen LogP contribution in [0.1, 0.15) is 24.2 Å². The highest BCUT2D eigenvalue weighted by Gasteiger charge is 2.23. The van der Waals surface area contributed by atoms with Crippen molar-refractivity contribution in [1.29, 1.82) is 0 Å². The van der Waals surface area contributed by atoms with Crippen molar-refractivity contribution in [2.24, 2.45) is 0 Å². The number of esters is 1. The molecule has 0 aliphatic rings. The van der Waals surface area contributed by atoms with Gasteiger partial charge < -0.3 is 4.74 Å². The number of carbonyl (C=O) groups excluding carboxylic acids is 2. The largest absolute Gasteiger partial charge is 0.452 e. The van der Waals surface area contributed by atoms with Crippen LogP contribution < -0.4 is 5.32 Å². The summed E-state index contributed by atoms with van der Waals surface area (Å²) in [5.74, 6) is -6.32. The van der Waals surface area contributed by atoms with Gasteiger partial charge in [-0.1, -0.05) is 31.3 Å². The summed E-state index contributed by atoms with van der Waals surface area (Å²) < 4.78 is 71.7. The van der Waals surface area contributed by atoms with Crippen molar-refractivity contribution in [3.8, 4) is 0 Å². The lowest BCUT2D eigenvalue weighted by Gasteiger charge is -2.18. The van der Waals surface area contributed by atoms with Crippen LogP contribution in [0.5, 0.6) is 0 Å². The zero-order valence-electron chi connectivity index (χ0n) is 17.4. The lowest BCUT2D eigenvalue weighted by molar-refractivity contribution is -0.119. The van der Waals surface area contributed by atoms with Crippen LogP contribution in [0.3, 0.4) is 0 Å². The van der Waals surface area contributed by atoms with Gasteiger partial charge in [0.15, 0.2) is 29.2 Å². The van der Waals surface area contributed by atoms with E-state index >= 15 is 0 Å². The Morgan fingerprint density at radius 2 is 1.82 bits per heavy atom. The second-order valence-corrected chi connectivity index (χ2v) is 9.56. The van der Waals surface area contributed by atoms with E-state index in [0.717, 1.165) is 12.1 Å². The molecule has 0 atom stereocenters. The third-order valence-electron chi connectivity index (χ3n) is 4.52. The topological polar surface area (TPSA) is 106 Å². The van der Waals surface area contributed by atoms with Crippen molar-refractivity contribution in [3.05, 3.63) is 53.3 Å². The predicted octanol–water partition coefficient (Wildman–Crippen LogP) is 3.54. The summed E-state index contributed by atoms with van der Waals surface area (Å²) in [6, 6.07) is 5.95. The molecular weight excluding hydrogens is 483 g/mol. The predicted molar refractivity (Wildman–Crippen MR) is 115 cm³/mol. The second kappa shape index (κ2) is 9.85. The number of sulfonamides is 1. The molecule has 0 saturated carbocycles. The molecule has 0 bridgehead atoms. The van der Waals surface area contributed by atoms with Gasteiger partial charge in [0.1, 0.15) is 5.52 Å². The van der Waals surface area contributed by atoms with Crippen molar-refractivity contribution >= 4 is 48.6 Å². The number of thiazole rings is 1. The first-order chi connectivity index (χ1) is 15.6. The molecule has 0 fully saturated rings. The monoisotopic (exact) mass is 501 g/mol. The smallest absolute Gasteiger partial charge is 0.338 e. The van der Waals surface area contributed by atoms with Gasteiger partial charge in [0.25, 0.3) is 5.91 Å². The van der Waals surface area contributed by atoms with Crippen LogP contribution in [-0.2, 0) is 19.6 Å². The molecule has 1 aromatic heterocycles. The molecule has 2 aromatic carbocycles. The van der Waals surface area contributed by atoms with E-state index in [9.17, 15) is 31.2 Å².